The van der Waals surface area contributed by atoms with Crippen LogP contribution in [0, 0.1) is 0 Å². The summed E-state index contributed by atoms with van der Waals surface area (Å²) >= 11 is 0. The van der Waals surface area contributed by atoms with Crippen LogP contribution >= 0.6 is 0 Å². The van der Waals surface area contributed by atoms with E-state index in [9.17, 15) is 0 Å². The van der Waals surface area contributed by atoms with Crippen LogP contribution < -0.4 is 10.2 Å². The van der Waals surface area contributed by atoms with E-state index in [0.29, 0.717) is 18.0 Å². The molecule has 2 aromatic rings. The fourth-order valence-corrected chi connectivity index (χ4v) is 4.19. The maximum absolute atomic E-state index is 4.89. The standard InChI is InChI=1S/C21H28N4/c1-4-14(3)22-21-23-16(5-2)12-20(24-21)25-13-15-10-11-19(25)18-9-7-6-8-17(15)18/h6-9,12,14-15,19H,4-5,10-11,13H2,1-3H3,(H,22,23,24)/t14-,15+,19-/m0/s1. The molecule has 0 radical (unpaired) electrons. The summed E-state index contributed by atoms with van der Waals surface area (Å²) in [4.78, 5) is 12.1. The lowest BCUT2D eigenvalue weighted by Gasteiger charge is -2.47. The van der Waals surface area contributed by atoms with Crippen LogP contribution in [0.3, 0.4) is 0 Å². The fourth-order valence-electron chi connectivity index (χ4n) is 4.19. The van der Waals surface area contributed by atoms with E-state index in [0.717, 1.165) is 36.8 Å². The zero-order valence-corrected chi connectivity index (χ0v) is 15.5. The van der Waals surface area contributed by atoms with Crippen LogP contribution in [0.15, 0.2) is 30.3 Å². The zero-order valence-electron chi connectivity index (χ0n) is 15.5. The summed E-state index contributed by atoms with van der Waals surface area (Å²) in [5, 5.41) is 3.46. The van der Waals surface area contributed by atoms with E-state index in [1.807, 2.05) is 0 Å². The van der Waals surface area contributed by atoms with Crippen LogP contribution in [-0.4, -0.2) is 22.6 Å². The van der Waals surface area contributed by atoms with Gasteiger partial charge >= 0.3 is 0 Å². The maximum Gasteiger partial charge on any atom is 0.225 e. The summed E-state index contributed by atoms with van der Waals surface area (Å²) in [6.45, 7) is 7.60. The summed E-state index contributed by atoms with van der Waals surface area (Å²) in [7, 11) is 0. The topological polar surface area (TPSA) is 41.1 Å². The van der Waals surface area contributed by atoms with Gasteiger partial charge in [0.15, 0.2) is 0 Å². The highest BCUT2D eigenvalue weighted by Gasteiger charge is 2.38. The Balaban J connectivity index is 1.69. The molecule has 1 saturated heterocycles. The number of benzene rings is 1. The van der Waals surface area contributed by atoms with Crippen LogP contribution in [0.1, 0.15) is 68.8 Å². The Hall–Kier alpha value is -2.10. The molecule has 4 heteroatoms. The van der Waals surface area contributed by atoms with E-state index in [4.69, 9.17) is 9.97 Å². The third kappa shape index (κ3) is 2.99. The average Bonchev–Trinajstić information content (AvgIpc) is 2.68. The van der Waals surface area contributed by atoms with E-state index < -0.39 is 0 Å². The third-order valence-corrected chi connectivity index (χ3v) is 5.79. The summed E-state index contributed by atoms with van der Waals surface area (Å²) in [5.74, 6) is 2.49. The minimum absolute atomic E-state index is 0.387. The summed E-state index contributed by atoms with van der Waals surface area (Å²) in [6.07, 6.45) is 4.52. The Morgan fingerprint density at radius 3 is 2.72 bits per heavy atom. The number of anilines is 2. The van der Waals surface area contributed by atoms with Crippen LogP contribution in [0.4, 0.5) is 11.8 Å². The van der Waals surface area contributed by atoms with Gasteiger partial charge in [-0.3, -0.25) is 0 Å². The van der Waals surface area contributed by atoms with Gasteiger partial charge in [0, 0.05) is 30.3 Å². The molecule has 1 aromatic heterocycles. The van der Waals surface area contributed by atoms with Gasteiger partial charge in [-0.05, 0) is 43.7 Å². The van der Waals surface area contributed by atoms with Gasteiger partial charge in [-0.1, -0.05) is 38.1 Å². The van der Waals surface area contributed by atoms with E-state index >= 15 is 0 Å². The molecule has 25 heavy (non-hydrogen) atoms. The molecule has 1 fully saturated rings. The highest BCUT2D eigenvalue weighted by Crippen LogP contribution is 2.47. The monoisotopic (exact) mass is 336 g/mol. The number of aromatic nitrogens is 2. The Bertz CT molecular complexity index is 757. The Labute approximate surface area is 150 Å². The van der Waals surface area contributed by atoms with Gasteiger partial charge in [0.2, 0.25) is 5.95 Å². The number of nitrogens with one attached hydrogen (secondary N) is 1. The SMILES string of the molecule is CCc1cc(N2C[C@H]3CC[C@H]2c2ccccc23)nc(N[C@@H](C)CC)n1. The number of nitrogens with zero attached hydrogens (tertiary/aromatic N) is 3. The molecule has 3 aliphatic rings. The molecule has 1 aliphatic carbocycles. The minimum atomic E-state index is 0.387. The molecular weight excluding hydrogens is 308 g/mol. The van der Waals surface area contributed by atoms with Gasteiger partial charge in [0.1, 0.15) is 5.82 Å². The van der Waals surface area contributed by atoms with Crippen molar-refractivity contribution in [2.45, 2.75) is 64.5 Å². The third-order valence-electron chi connectivity index (χ3n) is 5.79. The van der Waals surface area contributed by atoms with Crippen LogP contribution in [0.25, 0.3) is 0 Å². The second-order valence-electron chi connectivity index (χ2n) is 7.42. The van der Waals surface area contributed by atoms with Gasteiger partial charge in [0.25, 0.3) is 0 Å². The average molecular weight is 336 g/mol. The quantitative estimate of drug-likeness (QED) is 0.860. The summed E-state index contributed by atoms with van der Waals surface area (Å²) in [6, 6.07) is 12.0. The van der Waals surface area contributed by atoms with Crippen molar-refractivity contribution in [2.75, 3.05) is 16.8 Å². The Kier molecular flexibility index (Phi) is 4.36. The summed E-state index contributed by atoms with van der Waals surface area (Å²) < 4.78 is 0. The number of rotatable bonds is 5. The van der Waals surface area contributed by atoms with Crippen molar-refractivity contribution in [3.8, 4) is 0 Å². The first-order chi connectivity index (χ1) is 12.2. The molecule has 132 valence electrons. The summed E-state index contributed by atoms with van der Waals surface area (Å²) in [5.41, 5.74) is 4.17. The molecule has 2 bridgehead atoms. The molecule has 2 aliphatic heterocycles. The van der Waals surface area contributed by atoms with Crippen molar-refractivity contribution in [1.29, 1.82) is 0 Å². The van der Waals surface area contributed by atoms with E-state index in [2.05, 4.69) is 61.3 Å². The molecule has 0 unspecified atom stereocenters. The van der Waals surface area contributed by atoms with E-state index in [1.165, 1.54) is 18.4 Å². The molecular formula is C21H28N4. The van der Waals surface area contributed by atoms with E-state index in [1.54, 1.807) is 5.56 Å². The first-order valence-electron chi connectivity index (χ1n) is 9.69. The second kappa shape index (κ2) is 6.66. The van der Waals surface area contributed by atoms with Crippen LogP contribution in [0.2, 0.25) is 0 Å². The van der Waals surface area contributed by atoms with Crippen molar-refractivity contribution < 1.29 is 0 Å². The molecule has 0 saturated carbocycles. The van der Waals surface area contributed by atoms with E-state index in [-0.39, 0.29) is 0 Å². The van der Waals surface area contributed by atoms with Gasteiger partial charge in [-0.15, -0.1) is 0 Å². The number of fused-ring (bicyclic) bond motifs is 2. The van der Waals surface area contributed by atoms with Crippen molar-refractivity contribution in [3.63, 3.8) is 0 Å². The predicted octanol–water partition coefficient (Wildman–Crippen LogP) is 4.69. The van der Waals surface area contributed by atoms with Crippen molar-refractivity contribution in [3.05, 3.63) is 47.2 Å². The molecule has 1 aromatic carbocycles. The molecule has 3 atom stereocenters. The number of hydrogen-bond acceptors (Lipinski definition) is 4. The van der Waals surface area contributed by atoms with Crippen molar-refractivity contribution in [1.82, 2.24) is 9.97 Å². The van der Waals surface area contributed by atoms with Crippen LogP contribution in [0.5, 0.6) is 0 Å². The lowest BCUT2D eigenvalue weighted by Crippen LogP contribution is -2.43. The minimum Gasteiger partial charge on any atom is -0.352 e. The highest BCUT2D eigenvalue weighted by atomic mass is 15.3. The zero-order chi connectivity index (χ0) is 17.4. The Morgan fingerprint density at radius 2 is 1.96 bits per heavy atom. The fraction of sp³-hybridized carbons (Fsp3) is 0.524. The molecule has 0 spiro atoms. The van der Waals surface area contributed by atoms with Crippen molar-refractivity contribution >= 4 is 11.8 Å². The maximum atomic E-state index is 4.89. The van der Waals surface area contributed by atoms with Gasteiger partial charge in [-0.25, -0.2) is 4.98 Å². The first kappa shape index (κ1) is 16.4. The number of piperidine rings is 1. The Morgan fingerprint density at radius 1 is 1.16 bits per heavy atom. The predicted molar refractivity (Wildman–Crippen MR) is 103 cm³/mol. The molecule has 1 N–H and O–H groups in total. The van der Waals surface area contributed by atoms with Crippen LogP contribution in [-0.2, 0) is 6.42 Å². The normalized spacial score (nSPS) is 22.6. The lowest BCUT2D eigenvalue weighted by molar-refractivity contribution is 0.387. The molecule has 3 heterocycles. The van der Waals surface area contributed by atoms with Gasteiger partial charge < -0.3 is 10.2 Å². The van der Waals surface area contributed by atoms with Gasteiger partial charge in [-0.2, -0.15) is 4.98 Å². The van der Waals surface area contributed by atoms with Gasteiger partial charge in [0.05, 0.1) is 6.04 Å². The number of hydrogen-bond donors (Lipinski definition) is 1. The molecule has 5 rings (SSSR count). The lowest BCUT2D eigenvalue weighted by atomic mass is 9.75. The van der Waals surface area contributed by atoms with Crippen molar-refractivity contribution in [2.24, 2.45) is 0 Å². The smallest absolute Gasteiger partial charge is 0.225 e. The molecule has 0 amide bonds. The number of aryl methyl sites for hydroxylation is 1. The molecule has 4 nitrogen and oxygen atoms in total. The first-order valence-corrected chi connectivity index (χ1v) is 9.69. The second-order valence-corrected chi connectivity index (χ2v) is 7.42. The highest BCUT2D eigenvalue weighted by molar-refractivity contribution is 5.53. The largest absolute Gasteiger partial charge is 0.352 e.